The second-order valence-electron chi connectivity index (χ2n) is 5.50. The number of carbonyl (C=O) groups is 2. The van der Waals surface area contributed by atoms with Crippen molar-refractivity contribution < 1.29 is 9.59 Å². The Morgan fingerprint density at radius 1 is 1.32 bits per heavy atom. The zero-order valence-electron chi connectivity index (χ0n) is 12.7. The van der Waals surface area contributed by atoms with Crippen molar-refractivity contribution in [3.05, 3.63) is 28.7 Å². The molecule has 1 aliphatic carbocycles. The number of anilines is 1. The van der Waals surface area contributed by atoms with Crippen molar-refractivity contribution in [1.82, 2.24) is 4.90 Å². The van der Waals surface area contributed by atoms with Gasteiger partial charge in [0.1, 0.15) is 0 Å². The summed E-state index contributed by atoms with van der Waals surface area (Å²) in [6.07, 6.45) is 4.97. The fourth-order valence-corrected chi connectivity index (χ4v) is 4.06. The Kier molecular flexibility index (Phi) is 6.76. The smallest absolute Gasteiger partial charge is 0.244 e. The molecule has 0 radical (unpaired) electrons. The van der Waals surface area contributed by atoms with Crippen LogP contribution >= 0.6 is 27.7 Å². The molecule has 2 rings (SSSR count). The van der Waals surface area contributed by atoms with Crippen LogP contribution in [0.4, 0.5) is 5.69 Å². The number of nitrogens with one attached hydrogen (secondary N) is 1. The van der Waals surface area contributed by atoms with E-state index in [1.165, 1.54) is 30.6 Å². The van der Waals surface area contributed by atoms with Gasteiger partial charge >= 0.3 is 0 Å². The summed E-state index contributed by atoms with van der Waals surface area (Å²) < 4.78 is 0.828. The molecular weight excluding hydrogens is 364 g/mol. The predicted octanol–water partition coefficient (Wildman–Crippen LogP) is 3.52. The van der Waals surface area contributed by atoms with Gasteiger partial charge in [0.05, 0.1) is 18.0 Å². The number of hydrogen-bond donors (Lipinski definition) is 1. The van der Waals surface area contributed by atoms with Gasteiger partial charge in [-0.3, -0.25) is 9.59 Å². The number of likely N-dealkylation sites (N-methyl/N-ethyl adjacent to an activating group) is 1. The quantitative estimate of drug-likeness (QED) is 0.815. The summed E-state index contributed by atoms with van der Waals surface area (Å²) in [5.41, 5.74) is 0.716. The fourth-order valence-electron chi connectivity index (χ4n) is 2.41. The van der Waals surface area contributed by atoms with Crippen LogP contribution in [-0.4, -0.2) is 41.3 Å². The Labute approximate surface area is 144 Å². The molecule has 0 bridgehead atoms. The van der Waals surface area contributed by atoms with E-state index < -0.39 is 0 Å². The molecule has 0 atom stereocenters. The van der Waals surface area contributed by atoms with Crippen molar-refractivity contribution in [3.63, 3.8) is 0 Å². The lowest BCUT2D eigenvalue weighted by molar-refractivity contribution is -0.131. The lowest BCUT2D eigenvalue weighted by Crippen LogP contribution is -2.36. The number of halogens is 1. The van der Waals surface area contributed by atoms with E-state index in [4.69, 9.17) is 0 Å². The van der Waals surface area contributed by atoms with Gasteiger partial charge in [-0.05, 0) is 40.9 Å². The highest BCUT2D eigenvalue weighted by atomic mass is 79.9. The third-order valence-corrected chi connectivity index (χ3v) is 5.75. The molecule has 120 valence electrons. The maximum Gasteiger partial charge on any atom is 0.244 e. The Morgan fingerprint density at radius 2 is 2.00 bits per heavy atom. The molecule has 0 saturated heterocycles. The van der Waals surface area contributed by atoms with Gasteiger partial charge in [-0.1, -0.05) is 25.0 Å². The van der Waals surface area contributed by atoms with Crippen molar-refractivity contribution in [1.29, 1.82) is 0 Å². The highest BCUT2D eigenvalue weighted by Crippen LogP contribution is 2.29. The number of amides is 2. The standard InChI is InChI=1S/C16H21BrN2O2S/c1-19(16(21)11-22-12-6-2-3-7-12)10-15(20)18-14-9-5-4-8-13(14)17/h4-5,8-9,12H,2-3,6-7,10-11H2,1H3,(H,18,20). The van der Waals surface area contributed by atoms with Crippen LogP contribution in [0.15, 0.2) is 28.7 Å². The monoisotopic (exact) mass is 384 g/mol. The number of carbonyl (C=O) groups excluding carboxylic acids is 2. The topological polar surface area (TPSA) is 49.4 Å². The number of para-hydroxylation sites is 1. The average Bonchev–Trinajstić information content (AvgIpc) is 3.00. The van der Waals surface area contributed by atoms with E-state index in [0.717, 1.165) is 4.47 Å². The van der Waals surface area contributed by atoms with Gasteiger partial charge < -0.3 is 10.2 Å². The average molecular weight is 385 g/mol. The fraction of sp³-hybridized carbons (Fsp3) is 0.500. The number of nitrogens with zero attached hydrogens (tertiary/aromatic N) is 1. The molecule has 1 aromatic carbocycles. The van der Waals surface area contributed by atoms with Crippen molar-refractivity contribution in [2.45, 2.75) is 30.9 Å². The molecule has 1 N–H and O–H groups in total. The zero-order valence-corrected chi connectivity index (χ0v) is 15.1. The molecule has 1 fully saturated rings. The predicted molar refractivity (Wildman–Crippen MR) is 95.1 cm³/mol. The molecule has 0 aromatic heterocycles. The molecule has 0 unspecified atom stereocenters. The first kappa shape index (κ1) is 17.3. The summed E-state index contributed by atoms with van der Waals surface area (Å²) in [4.78, 5) is 25.6. The summed E-state index contributed by atoms with van der Waals surface area (Å²) in [5.74, 6) is 0.288. The summed E-state index contributed by atoms with van der Waals surface area (Å²) in [6, 6.07) is 7.42. The second-order valence-corrected chi connectivity index (χ2v) is 7.64. The zero-order chi connectivity index (χ0) is 15.9. The lowest BCUT2D eigenvalue weighted by atomic mass is 10.3. The van der Waals surface area contributed by atoms with Gasteiger partial charge in [-0.25, -0.2) is 0 Å². The number of benzene rings is 1. The number of rotatable bonds is 6. The van der Waals surface area contributed by atoms with Gasteiger partial charge in [0.15, 0.2) is 0 Å². The molecule has 1 aliphatic rings. The number of hydrogen-bond acceptors (Lipinski definition) is 3. The molecular formula is C16H21BrN2O2S. The molecule has 22 heavy (non-hydrogen) atoms. The van der Waals surface area contributed by atoms with Crippen LogP contribution in [0, 0.1) is 0 Å². The maximum absolute atomic E-state index is 12.1. The molecule has 0 heterocycles. The minimum atomic E-state index is -0.186. The molecule has 1 saturated carbocycles. The third kappa shape index (κ3) is 5.32. The highest BCUT2D eigenvalue weighted by molar-refractivity contribution is 9.10. The Bertz CT molecular complexity index is 533. The van der Waals surface area contributed by atoms with Gasteiger partial charge in [0, 0.05) is 16.8 Å². The Morgan fingerprint density at radius 3 is 2.68 bits per heavy atom. The van der Waals surface area contributed by atoms with Gasteiger partial charge in [0.25, 0.3) is 0 Å². The summed E-state index contributed by atoms with van der Waals surface area (Å²) >= 11 is 5.11. The molecule has 2 amide bonds. The SMILES string of the molecule is CN(CC(=O)Nc1ccccc1Br)C(=O)CSC1CCCC1. The summed E-state index contributed by atoms with van der Waals surface area (Å²) in [6.45, 7) is 0.0748. The van der Waals surface area contributed by atoms with Crippen LogP contribution in [0.5, 0.6) is 0 Å². The Balaban J connectivity index is 1.75. The van der Waals surface area contributed by atoms with Crippen LogP contribution in [0.1, 0.15) is 25.7 Å². The maximum atomic E-state index is 12.1. The first-order valence-electron chi connectivity index (χ1n) is 7.46. The van der Waals surface area contributed by atoms with E-state index in [1.54, 1.807) is 18.8 Å². The van der Waals surface area contributed by atoms with Crippen LogP contribution in [0.3, 0.4) is 0 Å². The van der Waals surface area contributed by atoms with E-state index >= 15 is 0 Å². The minimum Gasteiger partial charge on any atom is -0.336 e. The van der Waals surface area contributed by atoms with Crippen LogP contribution < -0.4 is 5.32 Å². The van der Waals surface area contributed by atoms with E-state index in [-0.39, 0.29) is 18.4 Å². The second kappa shape index (κ2) is 8.58. The molecule has 0 aliphatic heterocycles. The highest BCUT2D eigenvalue weighted by Gasteiger charge is 2.19. The summed E-state index contributed by atoms with van der Waals surface area (Å²) in [5, 5.41) is 3.42. The van der Waals surface area contributed by atoms with Crippen molar-refractivity contribution in [3.8, 4) is 0 Å². The Hall–Kier alpha value is -1.01. The van der Waals surface area contributed by atoms with Gasteiger partial charge in [-0.15, -0.1) is 11.8 Å². The minimum absolute atomic E-state index is 0.0131. The largest absolute Gasteiger partial charge is 0.336 e. The molecule has 0 spiro atoms. The first-order valence-corrected chi connectivity index (χ1v) is 9.30. The van der Waals surface area contributed by atoms with Crippen LogP contribution in [-0.2, 0) is 9.59 Å². The van der Waals surface area contributed by atoms with Gasteiger partial charge in [-0.2, -0.15) is 0 Å². The molecule has 4 nitrogen and oxygen atoms in total. The van der Waals surface area contributed by atoms with E-state index in [9.17, 15) is 9.59 Å². The van der Waals surface area contributed by atoms with Crippen molar-refractivity contribution in [2.75, 3.05) is 24.7 Å². The van der Waals surface area contributed by atoms with Gasteiger partial charge in [0.2, 0.25) is 11.8 Å². The molecule has 6 heteroatoms. The van der Waals surface area contributed by atoms with Crippen molar-refractivity contribution in [2.24, 2.45) is 0 Å². The van der Waals surface area contributed by atoms with E-state index in [0.29, 0.717) is 16.7 Å². The van der Waals surface area contributed by atoms with Crippen LogP contribution in [0.2, 0.25) is 0 Å². The molecule has 1 aromatic rings. The lowest BCUT2D eigenvalue weighted by Gasteiger charge is -2.18. The summed E-state index contributed by atoms with van der Waals surface area (Å²) in [7, 11) is 1.68. The van der Waals surface area contributed by atoms with E-state index in [1.807, 2.05) is 24.3 Å². The van der Waals surface area contributed by atoms with Crippen molar-refractivity contribution >= 4 is 45.2 Å². The van der Waals surface area contributed by atoms with E-state index in [2.05, 4.69) is 21.2 Å². The number of thioether (sulfide) groups is 1. The normalized spacial score (nSPS) is 14.8. The van der Waals surface area contributed by atoms with Crippen LogP contribution in [0.25, 0.3) is 0 Å². The first-order chi connectivity index (χ1) is 10.6. The third-order valence-electron chi connectivity index (χ3n) is 3.70.